The molecular weight excluding hydrogens is 382 g/mol. The maximum atomic E-state index is 11.7. The van der Waals surface area contributed by atoms with E-state index in [0.717, 1.165) is 18.4 Å². The largest absolute Gasteiger partial charge is 0.388 e. The minimum atomic E-state index is -3.93. The Balaban J connectivity index is 0. The van der Waals surface area contributed by atoms with Crippen LogP contribution in [-0.2, 0) is 32.9 Å². The lowest BCUT2D eigenvalue weighted by Crippen LogP contribution is -2.09. The predicted octanol–water partition coefficient (Wildman–Crippen LogP) is 2.34. The maximum absolute atomic E-state index is 11.7. The maximum Gasteiger partial charge on any atom is 0.377 e. The van der Waals surface area contributed by atoms with Crippen molar-refractivity contribution in [3.8, 4) is 0 Å². The van der Waals surface area contributed by atoms with Gasteiger partial charge >= 0.3 is 19.4 Å². The van der Waals surface area contributed by atoms with E-state index in [2.05, 4.69) is 55.8 Å². The Morgan fingerprint density at radius 1 is 0.957 bits per heavy atom. The summed E-state index contributed by atoms with van der Waals surface area (Å²) in [5.74, 6) is 0.125. The van der Waals surface area contributed by atoms with Gasteiger partial charge in [-0.05, 0) is 43.4 Å². The van der Waals surface area contributed by atoms with E-state index in [4.69, 9.17) is 24.5 Å². The fraction of sp³-hybridized carbons (Fsp3) is 0.750. The van der Waals surface area contributed by atoms with Gasteiger partial charge in [0.1, 0.15) is 0 Å². The second-order valence-electron chi connectivity index (χ2n) is 5.81. The van der Waals surface area contributed by atoms with E-state index in [9.17, 15) is 4.79 Å². The lowest BCUT2D eigenvalue weighted by molar-refractivity contribution is -0.130. The van der Waals surface area contributed by atoms with Gasteiger partial charge in [0.05, 0.1) is 0 Å². The van der Waals surface area contributed by atoms with Crippen molar-refractivity contribution in [3.63, 3.8) is 0 Å². The molecule has 0 saturated carbocycles. The Morgan fingerprint density at radius 2 is 1.26 bits per heavy atom. The van der Waals surface area contributed by atoms with E-state index in [0.29, 0.717) is 17.4 Å². The van der Waals surface area contributed by atoms with Crippen LogP contribution in [0.1, 0.15) is 47.5 Å². The number of carbonyl (C=O) groups is 1. The number of hydrogen-bond acceptors (Lipinski definition) is 4. The van der Waals surface area contributed by atoms with E-state index < -0.39 is 19.4 Å². The molecule has 0 rings (SSSR count). The standard InChI is InChI=1S/C12H23O4PS.H3O3PS/c1-8(2)6-11(7-9(3)4)10(5)12(13)16-17(14,15)18;1-4(2,3)5/h8-9H,6-7H2,1-5H3,(H2,14,15,18);(H3,1,2,3,5). The lowest BCUT2D eigenvalue weighted by atomic mass is 9.91. The molecule has 0 aliphatic heterocycles. The Kier molecular flexibility index (Phi) is 12.3. The summed E-state index contributed by atoms with van der Waals surface area (Å²) in [5.41, 5.74) is 1.43. The fourth-order valence-electron chi connectivity index (χ4n) is 1.70. The summed E-state index contributed by atoms with van der Waals surface area (Å²) >= 11 is 7.90. The first kappa shape index (κ1) is 25.5. The van der Waals surface area contributed by atoms with Crippen LogP contribution in [0.2, 0.25) is 0 Å². The van der Waals surface area contributed by atoms with Gasteiger partial charge in [0.25, 0.3) is 0 Å². The first-order valence-corrected chi connectivity index (χ1v) is 12.1. The molecule has 0 aromatic rings. The van der Waals surface area contributed by atoms with Gasteiger partial charge in [0.15, 0.2) is 0 Å². The second kappa shape index (κ2) is 11.0. The van der Waals surface area contributed by atoms with Crippen molar-refractivity contribution in [1.29, 1.82) is 0 Å². The van der Waals surface area contributed by atoms with Gasteiger partial charge in [-0.2, -0.15) is 0 Å². The van der Waals surface area contributed by atoms with Crippen molar-refractivity contribution >= 4 is 43.0 Å². The molecule has 0 aromatic heterocycles. The summed E-state index contributed by atoms with van der Waals surface area (Å²) in [5, 5.41) is 0. The predicted molar refractivity (Wildman–Crippen MR) is 97.4 cm³/mol. The molecule has 23 heavy (non-hydrogen) atoms. The molecule has 0 bridgehead atoms. The van der Waals surface area contributed by atoms with Crippen molar-refractivity contribution in [2.45, 2.75) is 47.5 Å². The summed E-state index contributed by atoms with van der Waals surface area (Å²) in [6, 6.07) is 0. The molecule has 0 saturated heterocycles. The molecule has 11 heteroatoms. The topological polar surface area (TPSA) is 127 Å². The molecule has 0 aromatic carbocycles. The average Bonchev–Trinajstić information content (AvgIpc) is 2.20. The Morgan fingerprint density at radius 3 is 1.48 bits per heavy atom. The van der Waals surface area contributed by atoms with Crippen molar-refractivity contribution < 1.29 is 33.8 Å². The molecule has 0 spiro atoms. The zero-order valence-corrected chi connectivity index (χ0v) is 17.3. The van der Waals surface area contributed by atoms with Crippen LogP contribution in [0.15, 0.2) is 11.1 Å². The summed E-state index contributed by atoms with van der Waals surface area (Å²) in [6.07, 6.45) is 1.58. The van der Waals surface area contributed by atoms with Crippen LogP contribution in [0, 0.1) is 11.8 Å². The number of carbonyl (C=O) groups excluding carboxylic acids is 1. The Bertz CT molecular complexity index is 485. The molecule has 0 atom stereocenters. The van der Waals surface area contributed by atoms with Gasteiger partial charge in [-0.1, -0.05) is 33.3 Å². The van der Waals surface area contributed by atoms with Crippen molar-refractivity contribution in [2.24, 2.45) is 11.8 Å². The molecule has 5 N–H and O–H groups in total. The molecule has 0 aliphatic carbocycles. The SMILES string of the molecule is CC(C(=O)OP(O)(O)=S)=C(CC(C)C)CC(C)C.OP(O)(O)=S. The van der Waals surface area contributed by atoms with E-state index in [1.165, 1.54) is 0 Å². The van der Waals surface area contributed by atoms with E-state index in [-0.39, 0.29) is 0 Å². The van der Waals surface area contributed by atoms with Gasteiger partial charge in [0.2, 0.25) is 0 Å². The number of allylic oxidation sites excluding steroid dienone is 1. The van der Waals surface area contributed by atoms with E-state index >= 15 is 0 Å². The van der Waals surface area contributed by atoms with Crippen LogP contribution in [0.3, 0.4) is 0 Å². The monoisotopic (exact) mass is 408 g/mol. The molecule has 0 heterocycles. The highest BCUT2D eigenvalue weighted by atomic mass is 32.5. The third-order valence-corrected chi connectivity index (χ3v) is 2.97. The van der Waals surface area contributed by atoms with Gasteiger partial charge in [-0.25, -0.2) is 4.79 Å². The van der Waals surface area contributed by atoms with Crippen LogP contribution in [-0.4, -0.2) is 30.4 Å². The van der Waals surface area contributed by atoms with E-state index in [1.807, 2.05) is 0 Å². The van der Waals surface area contributed by atoms with E-state index in [1.54, 1.807) is 6.92 Å². The lowest BCUT2D eigenvalue weighted by Gasteiger charge is -2.17. The second-order valence-corrected chi connectivity index (χ2v) is 10.9. The highest BCUT2D eigenvalue weighted by molar-refractivity contribution is 8.07. The summed E-state index contributed by atoms with van der Waals surface area (Å²) < 4.78 is 4.48. The summed E-state index contributed by atoms with van der Waals surface area (Å²) in [7, 11) is 0. The van der Waals surface area contributed by atoms with Crippen LogP contribution < -0.4 is 0 Å². The van der Waals surface area contributed by atoms with Crippen LogP contribution in [0.5, 0.6) is 0 Å². The molecular formula is C12H26O7P2S2. The smallest absolute Gasteiger partial charge is 0.377 e. The molecule has 0 fully saturated rings. The quantitative estimate of drug-likeness (QED) is 0.332. The number of rotatable bonds is 6. The molecule has 0 aliphatic rings. The fourth-order valence-corrected chi connectivity index (χ4v) is 2.25. The minimum absolute atomic E-state index is 0.424. The normalized spacial score (nSPS) is 11.8. The van der Waals surface area contributed by atoms with Crippen molar-refractivity contribution in [3.05, 3.63) is 11.1 Å². The summed E-state index contributed by atoms with van der Waals surface area (Å²) in [6.45, 7) is 2.19. The first-order chi connectivity index (χ1) is 10.0. The van der Waals surface area contributed by atoms with Gasteiger partial charge in [-0.15, -0.1) is 0 Å². The van der Waals surface area contributed by atoms with Gasteiger partial charge in [0, 0.05) is 17.4 Å². The highest BCUT2D eigenvalue weighted by Crippen LogP contribution is 2.38. The highest BCUT2D eigenvalue weighted by Gasteiger charge is 2.20. The van der Waals surface area contributed by atoms with Crippen LogP contribution >= 0.6 is 13.4 Å². The number of hydrogen-bond donors (Lipinski definition) is 5. The molecule has 0 radical (unpaired) electrons. The minimum Gasteiger partial charge on any atom is -0.388 e. The van der Waals surface area contributed by atoms with Gasteiger partial charge in [-0.3, -0.25) is 0 Å². The first-order valence-electron chi connectivity index (χ1n) is 6.79. The average molecular weight is 408 g/mol. The third kappa shape index (κ3) is 20.3. The molecule has 138 valence electrons. The Labute approximate surface area is 147 Å². The van der Waals surface area contributed by atoms with Crippen LogP contribution in [0.4, 0.5) is 0 Å². The zero-order chi connectivity index (χ0) is 19.0. The summed E-state index contributed by atoms with van der Waals surface area (Å²) in [4.78, 5) is 52.4. The van der Waals surface area contributed by atoms with Crippen LogP contribution in [0.25, 0.3) is 0 Å². The molecule has 0 amide bonds. The third-order valence-electron chi connectivity index (χ3n) is 2.35. The molecule has 7 nitrogen and oxygen atoms in total. The van der Waals surface area contributed by atoms with Gasteiger partial charge < -0.3 is 29.0 Å². The zero-order valence-electron chi connectivity index (χ0n) is 13.8. The Hall–Kier alpha value is 0.310. The van der Waals surface area contributed by atoms with Crippen molar-refractivity contribution in [2.75, 3.05) is 0 Å². The van der Waals surface area contributed by atoms with Crippen molar-refractivity contribution in [1.82, 2.24) is 0 Å². The molecule has 0 unspecified atom stereocenters.